The monoisotopic (exact) mass is 465 g/mol. The fraction of sp³-hybridized carbons (Fsp3) is 0.333. The van der Waals surface area contributed by atoms with Gasteiger partial charge in [0.25, 0.3) is 5.56 Å². The summed E-state index contributed by atoms with van der Waals surface area (Å²) in [6.07, 6.45) is 0. The zero-order valence-corrected chi connectivity index (χ0v) is 18.0. The number of aromatic amines is 1. The van der Waals surface area contributed by atoms with Crippen LogP contribution in [0.1, 0.15) is 17.3 Å². The van der Waals surface area contributed by atoms with E-state index >= 15 is 0 Å². The lowest BCUT2D eigenvalue weighted by atomic mass is 9.93. The Labute approximate surface area is 185 Å². The van der Waals surface area contributed by atoms with Crippen molar-refractivity contribution in [1.29, 1.82) is 0 Å². The van der Waals surface area contributed by atoms with Gasteiger partial charge >= 0.3 is 0 Å². The van der Waals surface area contributed by atoms with Crippen molar-refractivity contribution < 1.29 is 18.3 Å². The number of aromatic nitrogens is 1. The van der Waals surface area contributed by atoms with Crippen LogP contribution in [0.25, 0.3) is 10.8 Å². The van der Waals surface area contributed by atoms with Gasteiger partial charge in [-0.2, -0.15) is 0 Å². The number of carbonyl (C=O) groups excluding carboxylic acids is 1. The number of pyridine rings is 1. The number of hydrogen-bond donors (Lipinski definition) is 1. The number of anilines is 1. The van der Waals surface area contributed by atoms with Gasteiger partial charge < -0.3 is 19.5 Å². The second-order valence-electron chi connectivity index (χ2n) is 7.85. The summed E-state index contributed by atoms with van der Waals surface area (Å²) < 4.78 is 34.1. The fourth-order valence-electron chi connectivity index (χ4n) is 4.30. The van der Waals surface area contributed by atoms with E-state index in [9.17, 15) is 18.4 Å². The average Bonchev–Trinajstić information content (AvgIpc) is 3.13. The summed E-state index contributed by atoms with van der Waals surface area (Å²) in [7, 11) is 1.67. The number of halogens is 3. The number of hydrogen-bond acceptors (Lipinski definition) is 5. The molecule has 5 rings (SSSR count). The number of thiophene rings is 1. The van der Waals surface area contributed by atoms with Gasteiger partial charge in [0.15, 0.2) is 11.6 Å². The van der Waals surface area contributed by atoms with Crippen LogP contribution in [0.4, 0.5) is 14.5 Å². The number of rotatable bonds is 3. The van der Waals surface area contributed by atoms with Crippen LogP contribution in [0.2, 0.25) is 4.34 Å². The number of nitrogens with one attached hydrogen (secondary N) is 1. The second-order valence-corrected chi connectivity index (χ2v) is 9.39. The number of amides is 1. The van der Waals surface area contributed by atoms with Crippen LogP contribution >= 0.6 is 22.9 Å². The van der Waals surface area contributed by atoms with Gasteiger partial charge in [0.1, 0.15) is 0 Å². The number of ether oxygens (including phenoxy) is 1. The molecule has 162 valence electrons. The summed E-state index contributed by atoms with van der Waals surface area (Å²) in [6, 6.07) is 3.28. The van der Waals surface area contributed by atoms with Crippen LogP contribution in [-0.2, 0) is 16.1 Å². The first kappa shape index (κ1) is 20.4. The second kappa shape index (κ2) is 7.58. The highest BCUT2D eigenvalue weighted by Crippen LogP contribution is 2.36. The Kier molecular flexibility index (Phi) is 4.99. The number of nitrogens with zero attached hydrogens (tertiary/aromatic N) is 2. The maximum atomic E-state index is 14.0. The molecule has 2 aromatic heterocycles. The minimum atomic E-state index is -1.09. The number of benzene rings is 1. The van der Waals surface area contributed by atoms with Gasteiger partial charge in [-0.05, 0) is 23.6 Å². The Bertz CT molecular complexity index is 1250. The van der Waals surface area contributed by atoms with Crippen molar-refractivity contribution in [2.24, 2.45) is 5.92 Å². The summed E-state index contributed by atoms with van der Waals surface area (Å²) in [5, 5.41) is 2.30. The Morgan fingerprint density at radius 2 is 1.97 bits per heavy atom. The van der Waals surface area contributed by atoms with E-state index in [0.29, 0.717) is 34.1 Å². The quantitative estimate of drug-likeness (QED) is 0.640. The lowest BCUT2D eigenvalue weighted by Gasteiger charge is -2.43. The molecule has 10 heteroatoms. The van der Waals surface area contributed by atoms with Crippen LogP contribution in [0.15, 0.2) is 28.4 Å². The molecule has 6 nitrogen and oxygen atoms in total. The van der Waals surface area contributed by atoms with E-state index in [1.54, 1.807) is 11.9 Å². The smallest absolute Gasteiger partial charge is 0.256 e. The number of likely N-dealkylation sites (N-methyl/N-ethyl adjacent to an activating group) is 1. The summed E-state index contributed by atoms with van der Waals surface area (Å²) in [4.78, 5) is 31.9. The predicted molar refractivity (Wildman–Crippen MR) is 115 cm³/mol. The number of carbonyl (C=O) groups is 1. The first-order chi connectivity index (χ1) is 14.8. The van der Waals surface area contributed by atoms with Gasteiger partial charge in [-0.25, -0.2) is 8.78 Å². The Morgan fingerprint density at radius 1 is 1.26 bits per heavy atom. The van der Waals surface area contributed by atoms with Crippen molar-refractivity contribution in [3.63, 3.8) is 0 Å². The topological polar surface area (TPSA) is 65.6 Å². The Morgan fingerprint density at radius 3 is 2.65 bits per heavy atom. The van der Waals surface area contributed by atoms with Gasteiger partial charge in [-0.1, -0.05) is 11.6 Å². The largest absolute Gasteiger partial charge is 0.373 e. The van der Waals surface area contributed by atoms with Gasteiger partial charge in [0.2, 0.25) is 5.91 Å². The molecule has 4 heterocycles. The first-order valence-electron chi connectivity index (χ1n) is 9.70. The Hall–Kier alpha value is -2.49. The summed E-state index contributed by atoms with van der Waals surface area (Å²) in [5.41, 5.74) is 1.54. The van der Waals surface area contributed by atoms with Crippen LogP contribution in [0, 0.1) is 17.6 Å². The molecule has 2 aliphatic rings. The molecule has 0 unspecified atom stereocenters. The minimum Gasteiger partial charge on any atom is -0.373 e. The molecule has 0 aliphatic carbocycles. The lowest BCUT2D eigenvalue weighted by Crippen LogP contribution is -2.55. The Balaban J connectivity index is 1.44. The molecule has 0 saturated carbocycles. The third kappa shape index (κ3) is 3.40. The number of H-pyrrole nitrogens is 1. The van der Waals surface area contributed by atoms with Crippen LogP contribution in [0.3, 0.4) is 0 Å². The zero-order chi connectivity index (χ0) is 21.9. The molecule has 3 aromatic rings. The summed E-state index contributed by atoms with van der Waals surface area (Å²) >= 11 is 7.43. The number of fused-ring (bicyclic) bond motifs is 3. The minimum absolute atomic E-state index is 0.0505. The van der Waals surface area contributed by atoms with Crippen LogP contribution in [-0.4, -0.2) is 42.5 Å². The molecule has 31 heavy (non-hydrogen) atoms. The van der Waals surface area contributed by atoms with Crippen molar-refractivity contribution in [1.82, 2.24) is 9.88 Å². The summed E-state index contributed by atoms with van der Waals surface area (Å²) in [6.45, 7) is 1.48. The molecule has 0 radical (unpaired) electrons. The van der Waals surface area contributed by atoms with E-state index in [2.05, 4.69) is 9.88 Å². The van der Waals surface area contributed by atoms with Crippen molar-refractivity contribution in [3.05, 3.63) is 61.2 Å². The van der Waals surface area contributed by atoms with E-state index in [-0.39, 0.29) is 30.4 Å². The van der Waals surface area contributed by atoms with Crippen LogP contribution < -0.4 is 10.5 Å². The predicted octanol–water partition coefficient (Wildman–Crippen LogP) is 3.69. The zero-order valence-electron chi connectivity index (χ0n) is 16.5. The van der Waals surface area contributed by atoms with E-state index in [0.717, 1.165) is 17.8 Å². The highest BCUT2D eigenvalue weighted by Gasteiger charge is 2.39. The van der Waals surface area contributed by atoms with Crippen molar-refractivity contribution in [2.45, 2.75) is 12.6 Å². The molecule has 1 fully saturated rings. The standard InChI is InChI=1S/C21H18ClF2N3O3S/c1-26(21(29)10-5-27(6-10)11-2-18(22)31-9-11)17-8-30-7-16-19(17)12-3-14(23)15(24)4-13(12)20(28)25-16/h2-4,9-10,17H,5-8H2,1H3,(H,25,28)/t17-/m1/s1. The van der Waals surface area contributed by atoms with Crippen LogP contribution in [0.5, 0.6) is 0 Å². The van der Waals surface area contributed by atoms with E-state index in [1.165, 1.54) is 11.3 Å². The van der Waals surface area contributed by atoms with Gasteiger partial charge in [-0.15, -0.1) is 11.3 Å². The molecular weight excluding hydrogens is 448 g/mol. The van der Waals surface area contributed by atoms with Gasteiger partial charge in [0, 0.05) is 42.5 Å². The highest BCUT2D eigenvalue weighted by atomic mass is 35.5. The average molecular weight is 466 g/mol. The molecular formula is C21H18ClF2N3O3S. The van der Waals surface area contributed by atoms with Gasteiger partial charge in [0.05, 0.1) is 34.9 Å². The first-order valence-corrected chi connectivity index (χ1v) is 11.0. The van der Waals surface area contributed by atoms with Crippen molar-refractivity contribution in [3.8, 4) is 0 Å². The molecule has 1 aromatic carbocycles. The molecule has 0 spiro atoms. The maximum Gasteiger partial charge on any atom is 0.256 e. The molecule has 1 amide bonds. The van der Waals surface area contributed by atoms with Gasteiger partial charge in [-0.3, -0.25) is 9.59 Å². The molecule has 2 aliphatic heterocycles. The van der Waals surface area contributed by atoms with E-state index in [1.807, 2.05) is 11.4 Å². The lowest BCUT2D eigenvalue weighted by molar-refractivity contribution is -0.139. The molecule has 1 N–H and O–H groups in total. The third-order valence-electron chi connectivity index (χ3n) is 6.00. The van der Waals surface area contributed by atoms with Crippen molar-refractivity contribution in [2.75, 3.05) is 31.6 Å². The molecule has 1 atom stereocenters. The summed E-state index contributed by atoms with van der Waals surface area (Å²) in [5.74, 6) is -2.39. The molecule has 1 saturated heterocycles. The fourth-order valence-corrected chi connectivity index (χ4v) is 5.19. The molecule has 0 bridgehead atoms. The van der Waals surface area contributed by atoms with Crippen molar-refractivity contribution >= 4 is 45.3 Å². The SMILES string of the molecule is CN(C(=O)C1CN(c2csc(Cl)c2)C1)[C@@H]1COCc2[nH]c(=O)c3cc(F)c(F)cc3c21. The third-order valence-corrected chi connectivity index (χ3v) is 7.08. The normalized spacial score (nSPS) is 18.7. The van der Waals surface area contributed by atoms with E-state index < -0.39 is 23.2 Å². The van der Waals surface area contributed by atoms with E-state index in [4.69, 9.17) is 16.3 Å². The highest BCUT2D eigenvalue weighted by molar-refractivity contribution is 7.14. The maximum absolute atomic E-state index is 14.0.